The Bertz CT molecular complexity index is 719. The summed E-state index contributed by atoms with van der Waals surface area (Å²) >= 11 is 6.30. The van der Waals surface area contributed by atoms with E-state index in [4.69, 9.17) is 27.2 Å². The van der Waals surface area contributed by atoms with Crippen LogP contribution in [0.1, 0.15) is 47.7 Å². The number of anilines is 1. The lowest BCUT2D eigenvalue weighted by Crippen LogP contribution is -2.07. The van der Waals surface area contributed by atoms with E-state index in [9.17, 15) is 4.79 Å². The van der Waals surface area contributed by atoms with Crippen LogP contribution in [0.25, 0.3) is 0 Å². The number of rotatable bonds is 6. The zero-order chi connectivity index (χ0) is 17.0. The molecule has 122 valence electrons. The number of nitrogens with two attached hydrogens (primary N) is 1. The van der Waals surface area contributed by atoms with Crippen molar-refractivity contribution in [2.45, 2.75) is 32.8 Å². The number of pyridine rings is 1. The zero-order valence-electron chi connectivity index (χ0n) is 13.0. The van der Waals surface area contributed by atoms with Crippen LogP contribution in [-0.2, 0) is 6.61 Å². The second-order valence-electron chi connectivity index (χ2n) is 5.32. The molecule has 2 rings (SSSR count). The van der Waals surface area contributed by atoms with Gasteiger partial charge in [0, 0.05) is 22.8 Å². The first-order valence-electron chi connectivity index (χ1n) is 7.32. The van der Waals surface area contributed by atoms with Gasteiger partial charge in [0.2, 0.25) is 0 Å². The maximum absolute atomic E-state index is 11.0. The van der Waals surface area contributed by atoms with Gasteiger partial charge in [-0.3, -0.25) is 0 Å². The first kappa shape index (κ1) is 17.1. The molecule has 5 nitrogen and oxygen atoms in total. The lowest BCUT2D eigenvalue weighted by Gasteiger charge is -2.17. The predicted molar refractivity (Wildman–Crippen MR) is 90.1 cm³/mol. The third-order valence-corrected chi connectivity index (χ3v) is 4.15. The van der Waals surface area contributed by atoms with Crippen molar-refractivity contribution >= 4 is 23.4 Å². The number of hydrogen-bond acceptors (Lipinski definition) is 4. The average Bonchev–Trinajstić information content (AvgIpc) is 2.53. The molecule has 0 aliphatic heterocycles. The summed E-state index contributed by atoms with van der Waals surface area (Å²) in [6.07, 6.45) is 2.18. The van der Waals surface area contributed by atoms with E-state index in [0.29, 0.717) is 10.9 Å². The number of nitrogen functional groups attached to an aromatic ring is 1. The fraction of sp³-hybridized carbons (Fsp3) is 0.294. The van der Waals surface area contributed by atoms with Gasteiger partial charge in [-0.1, -0.05) is 37.6 Å². The molecule has 3 N–H and O–H groups in total. The molecule has 0 bridgehead atoms. The summed E-state index contributed by atoms with van der Waals surface area (Å²) in [4.78, 5) is 14.9. The van der Waals surface area contributed by atoms with Crippen molar-refractivity contribution in [1.29, 1.82) is 0 Å². The maximum Gasteiger partial charge on any atom is 0.337 e. The SMILES string of the molecule is CCC(C)c1cccc(Cl)c1COc1cc(C(=O)O)cnc1N. The summed E-state index contributed by atoms with van der Waals surface area (Å²) in [7, 11) is 0. The minimum atomic E-state index is -1.08. The van der Waals surface area contributed by atoms with Crippen LogP contribution in [0.5, 0.6) is 5.75 Å². The lowest BCUT2D eigenvalue weighted by molar-refractivity contribution is 0.0696. The summed E-state index contributed by atoms with van der Waals surface area (Å²) in [5.41, 5.74) is 7.77. The van der Waals surface area contributed by atoms with Crippen molar-refractivity contribution in [2.24, 2.45) is 0 Å². The first-order chi connectivity index (χ1) is 10.9. The topological polar surface area (TPSA) is 85.4 Å². The van der Waals surface area contributed by atoms with E-state index < -0.39 is 5.97 Å². The van der Waals surface area contributed by atoms with E-state index in [1.807, 2.05) is 12.1 Å². The molecule has 0 fully saturated rings. The van der Waals surface area contributed by atoms with Gasteiger partial charge in [0.05, 0.1) is 5.56 Å². The van der Waals surface area contributed by atoms with Gasteiger partial charge in [0.1, 0.15) is 6.61 Å². The van der Waals surface area contributed by atoms with Gasteiger partial charge in [0.15, 0.2) is 11.6 Å². The van der Waals surface area contributed by atoms with Crippen molar-refractivity contribution in [3.8, 4) is 5.75 Å². The fourth-order valence-corrected chi connectivity index (χ4v) is 2.48. The Kier molecular flexibility index (Phi) is 5.45. The van der Waals surface area contributed by atoms with Gasteiger partial charge in [0.25, 0.3) is 0 Å². The summed E-state index contributed by atoms with van der Waals surface area (Å²) in [5.74, 6) is -0.361. The number of carboxylic acids is 1. The van der Waals surface area contributed by atoms with E-state index in [1.165, 1.54) is 12.3 Å². The standard InChI is InChI=1S/C17H19ClN2O3/c1-3-10(2)12-5-4-6-14(18)13(12)9-23-15-7-11(17(21)22)8-20-16(15)19/h4-8,10H,3,9H2,1-2H3,(H2,19,20)(H,21,22). The third-order valence-electron chi connectivity index (χ3n) is 3.80. The molecular formula is C17H19ClN2O3. The minimum absolute atomic E-state index is 0.0236. The van der Waals surface area contributed by atoms with Crippen LogP contribution < -0.4 is 10.5 Å². The van der Waals surface area contributed by atoms with Crippen molar-refractivity contribution < 1.29 is 14.6 Å². The van der Waals surface area contributed by atoms with Crippen LogP contribution in [0.2, 0.25) is 5.02 Å². The third kappa shape index (κ3) is 3.93. The highest BCUT2D eigenvalue weighted by atomic mass is 35.5. The molecule has 0 amide bonds. The van der Waals surface area contributed by atoms with Crippen LogP contribution in [-0.4, -0.2) is 16.1 Å². The van der Waals surface area contributed by atoms with Crippen LogP contribution in [0.15, 0.2) is 30.5 Å². The zero-order valence-corrected chi connectivity index (χ0v) is 13.8. The number of aromatic carboxylic acids is 1. The number of halogens is 1. The minimum Gasteiger partial charge on any atom is -0.485 e. The summed E-state index contributed by atoms with van der Waals surface area (Å²) in [6.45, 7) is 4.43. The smallest absolute Gasteiger partial charge is 0.337 e. The van der Waals surface area contributed by atoms with Gasteiger partial charge >= 0.3 is 5.97 Å². The molecule has 1 atom stereocenters. The predicted octanol–water partition coefficient (Wildman–Crippen LogP) is 4.11. The maximum atomic E-state index is 11.0. The summed E-state index contributed by atoms with van der Waals surface area (Å²) in [5, 5.41) is 9.64. The molecule has 1 aromatic carbocycles. The molecule has 1 unspecified atom stereocenters. The Morgan fingerprint density at radius 2 is 2.22 bits per heavy atom. The Hall–Kier alpha value is -2.27. The van der Waals surface area contributed by atoms with Gasteiger partial charge < -0.3 is 15.6 Å². The molecule has 0 aliphatic carbocycles. The van der Waals surface area contributed by atoms with Crippen molar-refractivity contribution in [3.63, 3.8) is 0 Å². The number of carbonyl (C=O) groups is 1. The summed E-state index contributed by atoms with van der Waals surface area (Å²) < 4.78 is 5.69. The second kappa shape index (κ2) is 7.33. The van der Waals surface area contributed by atoms with Crippen LogP contribution >= 0.6 is 11.6 Å². The highest BCUT2D eigenvalue weighted by Crippen LogP contribution is 2.30. The Morgan fingerprint density at radius 1 is 1.48 bits per heavy atom. The molecule has 1 aromatic heterocycles. The van der Waals surface area contributed by atoms with E-state index in [0.717, 1.165) is 17.5 Å². The Balaban J connectivity index is 2.28. The Morgan fingerprint density at radius 3 is 2.87 bits per heavy atom. The van der Waals surface area contributed by atoms with E-state index >= 15 is 0 Å². The molecule has 1 heterocycles. The first-order valence-corrected chi connectivity index (χ1v) is 7.70. The lowest BCUT2D eigenvalue weighted by atomic mass is 9.94. The van der Waals surface area contributed by atoms with Crippen LogP contribution in [0.3, 0.4) is 0 Å². The number of ether oxygens (including phenoxy) is 1. The molecule has 0 aliphatic rings. The number of aromatic nitrogens is 1. The summed E-state index contributed by atoms with van der Waals surface area (Å²) in [6, 6.07) is 7.11. The highest BCUT2D eigenvalue weighted by Gasteiger charge is 2.14. The molecular weight excluding hydrogens is 316 g/mol. The average molecular weight is 335 g/mol. The molecule has 0 saturated heterocycles. The number of benzene rings is 1. The van der Waals surface area contributed by atoms with E-state index in [-0.39, 0.29) is 23.7 Å². The highest BCUT2D eigenvalue weighted by molar-refractivity contribution is 6.31. The molecule has 6 heteroatoms. The van der Waals surface area contributed by atoms with Crippen molar-refractivity contribution in [3.05, 3.63) is 52.2 Å². The Labute approximate surface area is 140 Å². The van der Waals surface area contributed by atoms with Gasteiger partial charge in [-0.05, 0) is 24.0 Å². The normalized spacial score (nSPS) is 12.0. The second-order valence-corrected chi connectivity index (χ2v) is 5.73. The van der Waals surface area contributed by atoms with Gasteiger partial charge in [-0.15, -0.1) is 0 Å². The van der Waals surface area contributed by atoms with Crippen LogP contribution in [0, 0.1) is 0 Å². The van der Waals surface area contributed by atoms with Gasteiger partial charge in [-0.2, -0.15) is 0 Å². The molecule has 0 saturated carbocycles. The number of nitrogens with zero attached hydrogens (tertiary/aromatic N) is 1. The van der Waals surface area contributed by atoms with E-state index in [2.05, 4.69) is 18.8 Å². The molecule has 0 radical (unpaired) electrons. The van der Waals surface area contributed by atoms with Crippen molar-refractivity contribution in [2.75, 3.05) is 5.73 Å². The molecule has 2 aromatic rings. The quantitative estimate of drug-likeness (QED) is 0.830. The van der Waals surface area contributed by atoms with E-state index in [1.54, 1.807) is 6.07 Å². The molecule has 23 heavy (non-hydrogen) atoms. The molecule has 0 spiro atoms. The van der Waals surface area contributed by atoms with Gasteiger partial charge in [-0.25, -0.2) is 9.78 Å². The van der Waals surface area contributed by atoms with Crippen LogP contribution in [0.4, 0.5) is 5.82 Å². The largest absolute Gasteiger partial charge is 0.485 e. The number of hydrogen-bond donors (Lipinski definition) is 2. The number of carboxylic acid groups (broad SMARTS) is 1. The fourth-order valence-electron chi connectivity index (χ4n) is 2.25. The van der Waals surface area contributed by atoms with Crippen molar-refractivity contribution in [1.82, 2.24) is 4.98 Å². The monoisotopic (exact) mass is 334 g/mol.